The van der Waals surface area contributed by atoms with Crippen LogP contribution in [-0.2, 0) is 4.74 Å². The summed E-state index contributed by atoms with van der Waals surface area (Å²) in [5.74, 6) is 0. The zero-order chi connectivity index (χ0) is 10.1. The molecule has 0 atom stereocenters. The molecule has 0 radical (unpaired) electrons. The van der Waals surface area contributed by atoms with E-state index in [1.165, 1.54) is 5.56 Å². The zero-order valence-electron chi connectivity index (χ0n) is 8.78. The van der Waals surface area contributed by atoms with Crippen LogP contribution in [-0.4, -0.2) is 13.2 Å². The average molecular weight is 190 g/mol. The van der Waals surface area contributed by atoms with E-state index >= 15 is 0 Å². The fourth-order valence-corrected chi connectivity index (χ4v) is 1.23. The van der Waals surface area contributed by atoms with Crippen molar-refractivity contribution in [1.82, 2.24) is 0 Å². The van der Waals surface area contributed by atoms with Gasteiger partial charge in [0.05, 0.1) is 0 Å². The summed E-state index contributed by atoms with van der Waals surface area (Å²) in [5.41, 5.74) is 1.27. The number of rotatable bonds is 6. The molecule has 0 spiro atoms. The number of ether oxygens (including phenoxy) is 1. The molecule has 1 aromatic carbocycles. The third kappa shape index (κ3) is 4.83. The van der Waals surface area contributed by atoms with Crippen molar-refractivity contribution in [2.45, 2.75) is 19.8 Å². The summed E-state index contributed by atoms with van der Waals surface area (Å²) in [5, 5.41) is 0. The van der Waals surface area contributed by atoms with Gasteiger partial charge in [0.15, 0.2) is 0 Å². The van der Waals surface area contributed by atoms with Gasteiger partial charge in [-0.1, -0.05) is 42.5 Å². The lowest BCUT2D eigenvalue weighted by molar-refractivity contribution is 0.145. The molecule has 1 nitrogen and oxygen atoms in total. The molecule has 0 saturated heterocycles. The maximum Gasteiger partial charge on any atom is 0.0468 e. The van der Waals surface area contributed by atoms with Gasteiger partial charge in [-0.15, -0.1) is 0 Å². The quantitative estimate of drug-likeness (QED) is 0.624. The lowest BCUT2D eigenvalue weighted by Gasteiger charge is -1.97. The summed E-state index contributed by atoms with van der Waals surface area (Å²) in [6, 6.07) is 10.4. The van der Waals surface area contributed by atoms with Gasteiger partial charge in [0.2, 0.25) is 0 Å². The molecule has 0 aliphatic rings. The Bertz CT molecular complexity index is 251. The highest BCUT2D eigenvalue weighted by Crippen LogP contribution is 2.02. The third-order valence-electron chi connectivity index (χ3n) is 1.97. The van der Waals surface area contributed by atoms with Crippen LogP contribution in [0.15, 0.2) is 36.4 Å². The van der Waals surface area contributed by atoms with Crippen LogP contribution in [0.1, 0.15) is 25.3 Å². The Balaban J connectivity index is 2.15. The summed E-state index contributed by atoms with van der Waals surface area (Å²) in [6.07, 6.45) is 6.56. The van der Waals surface area contributed by atoms with Crippen molar-refractivity contribution in [2.75, 3.05) is 13.2 Å². The molecule has 76 valence electrons. The van der Waals surface area contributed by atoms with Crippen LogP contribution in [0.3, 0.4) is 0 Å². The van der Waals surface area contributed by atoms with Gasteiger partial charge in [-0.05, 0) is 25.3 Å². The monoisotopic (exact) mass is 190 g/mol. The second-order valence-corrected chi connectivity index (χ2v) is 3.15. The maximum atomic E-state index is 5.25. The highest BCUT2D eigenvalue weighted by atomic mass is 16.5. The van der Waals surface area contributed by atoms with Gasteiger partial charge in [0.25, 0.3) is 0 Å². The molecule has 0 aromatic heterocycles. The van der Waals surface area contributed by atoms with E-state index in [2.05, 4.69) is 36.4 Å². The van der Waals surface area contributed by atoms with Crippen LogP contribution in [0.4, 0.5) is 0 Å². The lowest BCUT2D eigenvalue weighted by Crippen LogP contribution is -1.91. The molecule has 1 heteroatoms. The first-order chi connectivity index (χ1) is 6.93. The zero-order valence-corrected chi connectivity index (χ0v) is 8.78. The average Bonchev–Trinajstić information content (AvgIpc) is 2.25. The Morgan fingerprint density at radius 2 is 2.00 bits per heavy atom. The van der Waals surface area contributed by atoms with Crippen molar-refractivity contribution in [3.8, 4) is 0 Å². The summed E-state index contributed by atoms with van der Waals surface area (Å²) in [7, 11) is 0. The van der Waals surface area contributed by atoms with Gasteiger partial charge in [0.1, 0.15) is 0 Å². The predicted molar refractivity (Wildman–Crippen MR) is 61.2 cm³/mol. The summed E-state index contributed by atoms with van der Waals surface area (Å²) < 4.78 is 5.25. The smallest absolute Gasteiger partial charge is 0.0468 e. The fraction of sp³-hybridized carbons (Fsp3) is 0.385. The van der Waals surface area contributed by atoms with Crippen LogP contribution < -0.4 is 0 Å². The molecule has 1 aromatic rings. The number of benzene rings is 1. The van der Waals surface area contributed by atoms with Crippen molar-refractivity contribution >= 4 is 6.08 Å². The molecule has 0 unspecified atom stereocenters. The molecule has 0 bridgehead atoms. The minimum atomic E-state index is 0.822. The molecule has 14 heavy (non-hydrogen) atoms. The van der Waals surface area contributed by atoms with Gasteiger partial charge in [-0.25, -0.2) is 0 Å². The normalized spacial score (nSPS) is 10.9. The first kappa shape index (κ1) is 11.0. The number of allylic oxidation sites excluding steroid dienone is 1. The summed E-state index contributed by atoms with van der Waals surface area (Å²) in [6.45, 7) is 3.72. The number of hydrogen-bond acceptors (Lipinski definition) is 1. The third-order valence-corrected chi connectivity index (χ3v) is 1.97. The molecule has 0 heterocycles. The van der Waals surface area contributed by atoms with E-state index in [9.17, 15) is 0 Å². The lowest BCUT2D eigenvalue weighted by atomic mass is 10.2. The first-order valence-corrected chi connectivity index (χ1v) is 5.23. The second kappa shape index (κ2) is 7.34. The van der Waals surface area contributed by atoms with Crippen molar-refractivity contribution in [3.05, 3.63) is 42.0 Å². The van der Waals surface area contributed by atoms with Crippen LogP contribution in [0.2, 0.25) is 0 Å². The molecule has 0 saturated carbocycles. The van der Waals surface area contributed by atoms with Crippen LogP contribution in [0.5, 0.6) is 0 Å². The second-order valence-electron chi connectivity index (χ2n) is 3.15. The van der Waals surface area contributed by atoms with Crippen molar-refractivity contribution in [3.63, 3.8) is 0 Å². The topological polar surface area (TPSA) is 9.23 Å². The largest absolute Gasteiger partial charge is 0.382 e. The first-order valence-electron chi connectivity index (χ1n) is 5.23. The summed E-state index contributed by atoms with van der Waals surface area (Å²) in [4.78, 5) is 0. The van der Waals surface area contributed by atoms with Crippen molar-refractivity contribution < 1.29 is 4.74 Å². The Hall–Kier alpha value is -1.08. The Labute approximate surface area is 86.4 Å². The van der Waals surface area contributed by atoms with Crippen molar-refractivity contribution in [2.24, 2.45) is 0 Å². The van der Waals surface area contributed by atoms with Gasteiger partial charge in [0, 0.05) is 13.2 Å². The van der Waals surface area contributed by atoms with E-state index in [1.807, 2.05) is 13.0 Å². The fourth-order valence-electron chi connectivity index (χ4n) is 1.23. The number of hydrogen-bond donors (Lipinski definition) is 0. The molecule has 0 aliphatic heterocycles. The minimum Gasteiger partial charge on any atom is -0.382 e. The Kier molecular flexibility index (Phi) is 5.76. The van der Waals surface area contributed by atoms with Gasteiger partial charge in [-0.3, -0.25) is 0 Å². The van der Waals surface area contributed by atoms with E-state index in [4.69, 9.17) is 4.74 Å². The van der Waals surface area contributed by atoms with Gasteiger partial charge < -0.3 is 4.74 Å². The van der Waals surface area contributed by atoms with Crippen LogP contribution in [0, 0.1) is 0 Å². The SMILES string of the molecule is CCOCCC/C=C/c1ccccc1. The van der Waals surface area contributed by atoms with Crippen molar-refractivity contribution in [1.29, 1.82) is 0 Å². The highest BCUT2D eigenvalue weighted by Gasteiger charge is 1.85. The molecular formula is C13H18O. The standard InChI is InChI=1S/C13H18O/c1-2-14-12-8-4-7-11-13-9-5-3-6-10-13/h3,5-7,9-11H,2,4,8,12H2,1H3/b11-7+. The molecule has 0 fully saturated rings. The van der Waals surface area contributed by atoms with E-state index in [-0.39, 0.29) is 0 Å². The highest BCUT2D eigenvalue weighted by molar-refractivity contribution is 5.48. The van der Waals surface area contributed by atoms with E-state index in [0.29, 0.717) is 0 Å². The van der Waals surface area contributed by atoms with E-state index < -0.39 is 0 Å². The van der Waals surface area contributed by atoms with Gasteiger partial charge >= 0.3 is 0 Å². The van der Waals surface area contributed by atoms with E-state index in [1.54, 1.807) is 0 Å². The van der Waals surface area contributed by atoms with Crippen LogP contribution >= 0.6 is 0 Å². The van der Waals surface area contributed by atoms with Gasteiger partial charge in [-0.2, -0.15) is 0 Å². The van der Waals surface area contributed by atoms with Crippen LogP contribution in [0.25, 0.3) is 6.08 Å². The molecule has 1 rings (SSSR count). The Morgan fingerprint density at radius 3 is 2.71 bits per heavy atom. The number of unbranched alkanes of at least 4 members (excludes halogenated alkanes) is 1. The molecule has 0 N–H and O–H groups in total. The summed E-state index contributed by atoms with van der Waals surface area (Å²) >= 11 is 0. The molecule has 0 aliphatic carbocycles. The minimum absolute atomic E-state index is 0.822. The molecule has 0 amide bonds. The van der Waals surface area contributed by atoms with E-state index in [0.717, 1.165) is 26.1 Å². The predicted octanol–water partition coefficient (Wildman–Crippen LogP) is 3.52. The Morgan fingerprint density at radius 1 is 1.21 bits per heavy atom. The molecular weight excluding hydrogens is 172 g/mol. The maximum absolute atomic E-state index is 5.25.